The number of nitriles is 1. The molecule has 1 atom stereocenters. The van der Waals surface area contributed by atoms with E-state index in [1.807, 2.05) is 6.07 Å². The third-order valence-corrected chi connectivity index (χ3v) is 4.80. The summed E-state index contributed by atoms with van der Waals surface area (Å²) in [5, 5.41) is 8.13. The van der Waals surface area contributed by atoms with Gasteiger partial charge in [-0.1, -0.05) is 0 Å². The molecule has 0 aliphatic rings. The number of rotatable bonds is 4. The van der Waals surface area contributed by atoms with Gasteiger partial charge in [0, 0.05) is 11.6 Å². The highest BCUT2D eigenvalue weighted by atomic mass is 35.5. The van der Waals surface area contributed by atoms with Gasteiger partial charge in [0.1, 0.15) is 6.07 Å². The van der Waals surface area contributed by atoms with Crippen LogP contribution < -0.4 is 0 Å². The molecule has 1 unspecified atom stereocenters. The second kappa shape index (κ2) is 5.48. The molecule has 4 nitrogen and oxygen atoms in total. The molecular formula is C11H13ClN2O2S. The van der Waals surface area contributed by atoms with Crippen LogP contribution in [0.2, 0.25) is 0 Å². The van der Waals surface area contributed by atoms with Crippen molar-refractivity contribution in [2.75, 3.05) is 5.88 Å². The maximum atomic E-state index is 12.2. The van der Waals surface area contributed by atoms with Crippen LogP contribution in [0.25, 0.3) is 0 Å². The predicted octanol–water partition coefficient (Wildman–Crippen LogP) is 2.05. The van der Waals surface area contributed by atoms with Gasteiger partial charge in [-0.05, 0) is 32.4 Å². The van der Waals surface area contributed by atoms with E-state index in [0.717, 1.165) is 0 Å². The third kappa shape index (κ3) is 2.96. The first-order valence-electron chi connectivity index (χ1n) is 5.11. The summed E-state index contributed by atoms with van der Waals surface area (Å²) in [5.74, 6) is 0.258. The normalized spacial score (nSPS) is 13.1. The molecule has 6 heteroatoms. The van der Waals surface area contributed by atoms with Gasteiger partial charge in [-0.15, -0.1) is 11.6 Å². The van der Waals surface area contributed by atoms with Crippen LogP contribution in [0.1, 0.15) is 24.6 Å². The lowest BCUT2D eigenvalue weighted by molar-refractivity contribution is 0.576. The molecule has 0 aliphatic carbocycles. The van der Waals surface area contributed by atoms with Crippen molar-refractivity contribution in [3.05, 3.63) is 23.4 Å². The van der Waals surface area contributed by atoms with Crippen LogP contribution in [0.15, 0.2) is 17.2 Å². The van der Waals surface area contributed by atoms with E-state index >= 15 is 0 Å². The summed E-state index contributed by atoms with van der Waals surface area (Å²) in [4.78, 5) is 3.97. The first-order valence-corrected chi connectivity index (χ1v) is 7.19. The maximum absolute atomic E-state index is 12.2. The van der Waals surface area contributed by atoms with Crippen molar-refractivity contribution in [3.8, 4) is 6.07 Å². The Morgan fingerprint density at radius 2 is 2.18 bits per heavy atom. The monoisotopic (exact) mass is 272 g/mol. The summed E-state index contributed by atoms with van der Waals surface area (Å²) >= 11 is 5.54. The predicted molar refractivity (Wildman–Crippen MR) is 65.7 cm³/mol. The number of hydrogen-bond donors (Lipinski definition) is 0. The quantitative estimate of drug-likeness (QED) is 0.787. The summed E-state index contributed by atoms with van der Waals surface area (Å²) in [6.07, 6.45) is 0.338. The molecule has 0 saturated heterocycles. The van der Waals surface area contributed by atoms with Crippen molar-refractivity contribution < 1.29 is 8.42 Å². The van der Waals surface area contributed by atoms with Gasteiger partial charge in [0.25, 0.3) is 0 Å². The standard InChI is InChI=1S/C11H13ClN2O2S/c1-8-3-4-10(7-13)11(14-8)17(15,16)9(2)5-6-12/h3-4,9H,5-6H2,1-2H3. The number of alkyl halides is 1. The number of hydrogen-bond acceptors (Lipinski definition) is 4. The largest absolute Gasteiger partial charge is 0.240 e. The van der Waals surface area contributed by atoms with Crippen LogP contribution in [-0.4, -0.2) is 24.5 Å². The lowest BCUT2D eigenvalue weighted by atomic mass is 10.3. The number of sulfone groups is 1. The van der Waals surface area contributed by atoms with E-state index in [-0.39, 0.29) is 16.5 Å². The van der Waals surface area contributed by atoms with Crippen molar-refractivity contribution >= 4 is 21.4 Å². The first-order chi connectivity index (χ1) is 7.93. The minimum absolute atomic E-state index is 0.0806. The molecule has 1 heterocycles. The molecule has 0 aromatic carbocycles. The van der Waals surface area contributed by atoms with E-state index < -0.39 is 15.1 Å². The lowest BCUT2D eigenvalue weighted by Crippen LogP contribution is -2.21. The van der Waals surface area contributed by atoms with Gasteiger partial charge >= 0.3 is 0 Å². The Kier molecular flexibility index (Phi) is 4.49. The Bertz CT molecular complexity index is 549. The summed E-state index contributed by atoms with van der Waals surface area (Å²) in [6, 6.07) is 4.94. The van der Waals surface area contributed by atoms with Crippen LogP contribution in [0, 0.1) is 18.3 Å². The zero-order valence-corrected chi connectivity index (χ0v) is 11.2. The van der Waals surface area contributed by atoms with Crippen LogP contribution in [0.5, 0.6) is 0 Å². The third-order valence-electron chi connectivity index (χ3n) is 2.43. The fourth-order valence-corrected chi connectivity index (χ4v) is 3.29. The number of aromatic nitrogens is 1. The highest BCUT2D eigenvalue weighted by molar-refractivity contribution is 7.92. The van der Waals surface area contributed by atoms with E-state index in [4.69, 9.17) is 16.9 Å². The summed E-state index contributed by atoms with van der Waals surface area (Å²) in [5.41, 5.74) is 0.651. The zero-order valence-electron chi connectivity index (χ0n) is 9.64. The van der Waals surface area contributed by atoms with Crippen LogP contribution >= 0.6 is 11.6 Å². The molecule has 0 saturated carbocycles. The minimum atomic E-state index is -3.58. The van der Waals surface area contributed by atoms with E-state index in [9.17, 15) is 8.42 Å². The van der Waals surface area contributed by atoms with Crippen molar-refractivity contribution in [1.29, 1.82) is 5.26 Å². The maximum Gasteiger partial charge on any atom is 0.199 e. The molecule has 0 spiro atoms. The molecule has 1 aromatic heterocycles. The number of pyridine rings is 1. The molecule has 17 heavy (non-hydrogen) atoms. The summed E-state index contributed by atoms with van der Waals surface area (Å²) in [7, 11) is -3.58. The molecule has 0 bridgehead atoms. The molecule has 0 aliphatic heterocycles. The fourth-order valence-electron chi connectivity index (χ4n) is 1.33. The molecular weight excluding hydrogens is 260 g/mol. The molecule has 92 valence electrons. The van der Waals surface area contributed by atoms with Gasteiger partial charge in [-0.25, -0.2) is 13.4 Å². The molecule has 0 fully saturated rings. The average molecular weight is 273 g/mol. The Labute approximate surface area is 106 Å². The topological polar surface area (TPSA) is 70.8 Å². The second-order valence-electron chi connectivity index (χ2n) is 3.75. The average Bonchev–Trinajstić information content (AvgIpc) is 2.29. The van der Waals surface area contributed by atoms with Crippen molar-refractivity contribution in [1.82, 2.24) is 4.98 Å². The van der Waals surface area contributed by atoms with Gasteiger partial charge in [0.2, 0.25) is 0 Å². The Morgan fingerprint density at radius 1 is 1.53 bits per heavy atom. The Hall–Kier alpha value is -1.12. The van der Waals surface area contributed by atoms with Gasteiger partial charge in [0.15, 0.2) is 14.9 Å². The van der Waals surface area contributed by atoms with Crippen LogP contribution in [0.4, 0.5) is 0 Å². The van der Waals surface area contributed by atoms with Gasteiger partial charge in [0.05, 0.1) is 10.8 Å². The molecule has 0 radical (unpaired) electrons. The van der Waals surface area contributed by atoms with E-state index in [1.54, 1.807) is 19.9 Å². The van der Waals surface area contributed by atoms with E-state index in [1.165, 1.54) is 6.07 Å². The SMILES string of the molecule is Cc1ccc(C#N)c(S(=O)(=O)C(C)CCCl)n1. The number of halogens is 1. The van der Waals surface area contributed by atoms with E-state index in [0.29, 0.717) is 12.1 Å². The van der Waals surface area contributed by atoms with Crippen LogP contribution in [-0.2, 0) is 9.84 Å². The van der Waals surface area contributed by atoms with Crippen LogP contribution in [0.3, 0.4) is 0 Å². The molecule has 0 N–H and O–H groups in total. The molecule has 1 rings (SSSR count). The first kappa shape index (κ1) is 13.9. The van der Waals surface area contributed by atoms with Crippen molar-refractivity contribution in [3.63, 3.8) is 0 Å². The molecule has 1 aromatic rings. The van der Waals surface area contributed by atoms with Crippen molar-refractivity contribution in [2.24, 2.45) is 0 Å². The van der Waals surface area contributed by atoms with Crippen molar-refractivity contribution in [2.45, 2.75) is 30.5 Å². The Balaban J connectivity index is 3.33. The lowest BCUT2D eigenvalue weighted by Gasteiger charge is -2.12. The smallest absolute Gasteiger partial charge is 0.199 e. The second-order valence-corrected chi connectivity index (χ2v) is 6.41. The molecule has 0 amide bonds. The highest BCUT2D eigenvalue weighted by Gasteiger charge is 2.27. The fraction of sp³-hybridized carbons (Fsp3) is 0.455. The number of nitrogens with zero attached hydrogens (tertiary/aromatic N) is 2. The zero-order chi connectivity index (χ0) is 13.1. The highest BCUT2D eigenvalue weighted by Crippen LogP contribution is 2.20. The van der Waals surface area contributed by atoms with Gasteiger partial charge in [-0.2, -0.15) is 5.26 Å². The van der Waals surface area contributed by atoms with Gasteiger partial charge in [-0.3, -0.25) is 0 Å². The summed E-state index contributed by atoms with van der Waals surface area (Å²) in [6.45, 7) is 3.26. The van der Waals surface area contributed by atoms with E-state index in [2.05, 4.69) is 4.98 Å². The minimum Gasteiger partial charge on any atom is -0.240 e. The Morgan fingerprint density at radius 3 is 2.71 bits per heavy atom. The number of aryl methyl sites for hydroxylation is 1. The van der Waals surface area contributed by atoms with Gasteiger partial charge < -0.3 is 0 Å². The summed E-state index contributed by atoms with van der Waals surface area (Å²) < 4.78 is 24.4.